The Morgan fingerprint density at radius 1 is 1.28 bits per heavy atom. The largest absolute Gasteiger partial charge is 0.462 e. The second-order valence-electron chi connectivity index (χ2n) is 7.43. The van der Waals surface area contributed by atoms with E-state index in [1.165, 1.54) is 6.92 Å². The average Bonchev–Trinajstić information content (AvgIpc) is 3.32. The summed E-state index contributed by atoms with van der Waals surface area (Å²) in [6.07, 6.45) is 9.71. The molecule has 1 aliphatic carbocycles. The molecular weight excluding hydrogens is 312 g/mol. The number of esters is 1. The zero-order chi connectivity index (χ0) is 23.0. The van der Waals surface area contributed by atoms with Crippen molar-refractivity contribution in [3.05, 3.63) is 47.6 Å². The van der Waals surface area contributed by atoms with Gasteiger partial charge in [-0.3, -0.25) is 4.79 Å². The van der Waals surface area contributed by atoms with Gasteiger partial charge in [0, 0.05) is 19.2 Å². The van der Waals surface area contributed by atoms with Crippen LogP contribution in [0.4, 0.5) is 0 Å². The van der Waals surface area contributed by atoms with Crippen LogP contribution in [-0.2, 0) is 14.3 Å². The third-order valence-corrected chi connectivity index (χ3v) is 4.92. The highest BCUT2D eigenvalue weighted by Gasteiger charge is 2.73. The van der Waals surface area contributed by atoms with Crippen molar-refractivity contribution in [2.45, 2.75) is 71.9 Å². The van der Waals surface area contributed by atoms with Crippen molar-refractivity contribution in [3.8, 4) is 0 Å². The van der Waals surface area contributed by atoms with Crippen LogP contribution in [0.15, 0.2) is 47.6 Å². The van der Waals surface area contributed by atoms with Gasteiger partial charge in [-0.2, -0.15) is 0 Å². The van der Waals surface area contributed by atoms with Crippen molar-refractivity contribution in [1.82, 2.24) is 0 Å². The van der Waals surface area contributed by atoms with Crippen LogP contribution in [0.25, 0.3) is 0 Å². The van der Waals surface area contributed by atoms with E-state index in [0.717, 1.165) is 11.1 Å². The fourth-order valence-electron chi connectivity index (χ4n) is 3.13. The Hall–Kier alpha value is -1.61. The number of fused-ring (bicyclic) bond motifs is 1. The summed E-state index contributed by atoms with van der Waals surface area (Å²) in [5.74, 6) is -0.325. The molecule has 1 saturated carbocycles. The van der Waals surface area contributed by atoms with Crippen molar-refractivity contribution in [2.75, 3.05) is 6.61 Å². The Bertz CT molecular complexity index is 804. The van der Waals surface area contributed by atoms with E-state index >= 15 is 0 Å². The second-order valence-corrected chi connectivity index (χ2v) is 7.43. The van der Waals surface area contributed by atoms with Gasteiger partial charge < -0.3 is 9.47 Å². The van der Waals surface area contributed by atoms with Crippen LogP contribution in [0, 0.1) is 5.41 Å². The Balaban J connectivity index is 2.21. The van der Waals surface area contributed by atoms with Gasteiger partial charge in [0.2, 0.25) is 0 Å². The molecule has 1 saturated heterocycles. The molecule has 2 aliphatic rings. The van der Waals surface area contributed by atoms with Gasteiger partial charge in [0.15, 0.2) is 0 Å². The second kappa shape index (κ2) is 7.33. The van der Waals surface area contributed by atoms with E-state index in [4.69, 9.17) is 16.3 Å². The molecule has 1 heterocycles. The molecule has 0 aromatic carbocycles. The minimum atomic E-state index is -2.57. The number of hydrogen-bond donors (Lipinski definition) is 0. The summed E-state index contributed by atoms with van der Waals surface area (Å²) in [5, 5.41) is 0. The normalized spacial score (nSPS) is 37.6. The smallest absolute Gasteiger partial charge is 0.302 e. The first kappa shape index (κ1) is 13.6. The van der Waals surface area contributed by atoms with Gasteiger partial charge in [0.1, 0.15) is 12.2 Å². The molecule has 1 aliphatic heterocycles. The number of allylic oxidation sites excluding steroid dienone is 6. The third-order valence-electron chi connectivity index (χ3n) is 4.92. The number of epoxide rings is 1. The lowest BCUT2D eigenvalue weighted by molar-refractivity contribution is -0.139. The topological polar surface area (TPSA) is 38.8 Å². The van der Waals surface area contributed by atoms with E-state index in [1.54, 1.807) is 18.2 Å². The number of ether oxygens (including phenoxy) is 2. The van der Waals surface area contributed by atoms with Gasteiger partial charge in [0.25, 0.3) is 0 Å². The van der Waals surface area contributed by atoms with Crippen molar-refractivity contribution in [2.24, 2.45) is 5.41 Å². The molecule has 25 heavy (non-hydrogen) atoms. The van der Waals surface area contributed by atoms with Crippen molar-refractivity contribution in [1.29, 1.82) is 0 Å². The molecule has 138 valence electrons. The summed E-state index contributed by atoms with van der Waals surface area (Å²) in [6.45, 7) is 6.68. The fourth-order valence-corrected chi connectivity index (χ4v) is 3.13. The molecule has 0 radical (unpaired) electrons. The van der Waals surface area contributed by atoms with E-state index in [-0.39, 0.29) is 19.0 Å². The summed E-state index contributed by atoms with van der Waals surface area (Å²) in [7, 11) is 0. The van der Waals surface area contributed by atoms with E-state index in [0.29, 0.717) is 6.42 Å². The molecule has 2 unspecified atom stereocenters. The molecular formula is C22H32O3. The Kier molecular flexibility index (Phi) is 3.98. The molecule has 0 spiro atoms. The number of hydrogen-bond acceptors (Lipinski definition) is 3. The molecule has 0 aromatic rings. The fraction of sp³-hybridized carbons (Fsp3) is 0.591. The highest BCUT2D eigenvalue weighted by Crippen LogP contribution is 2.66. The molecule has 0 aromatic heterocycles. The van der Waals surface area contributed by atoms with Crippen LogP contribution in [-0.4, -0.2) is 23.8 Å². The van der Waals surface area contributed by atoms with Gasteiger partial charge in [-0.25, -0.2) is 0 Å². The average molecular weight is 350 g/mol. The van der Waals surface area contributed by atoms with Crippen molar-refractivity contribution in [3.63, 3.8) is 0 Å². The van der Waals surface area contributed by atoms with Crippen LogP contribution in [0.1, 0.15) is 67.5 Å². The first-order valence-corrected chi connectivity index (χ1v) is 8.66. The van der Waals surface area contributed by atoms with E-state index in [9.17, 15) is 4.79 Å². The molecule has 2 rings (SSSR count). The Labute approximate surface area is 159 Å². The quantitative estimate of drug-likeness (QED) is 0.371. The lowest BCUT2D eigenvalue weighted by Crippen LogP contribution is -2.41. The predicted molar refractivity (Wildman–Crippen MR) is 102 cm³/mol. The van der Waals surface area contributed by atoms with Crippen LogP contribution >= 0.6 is 0 Å². The lowest BCUT2D eigenvalue weighted by Gasteiger charge is -2.36. The molecule has 0 N–H and O–H groups in total. The molecule has 3 nitrogen and oxygen atoms in total. The maximum atomic E-state index is 10.8. The minimum Gasteiger partial charge on any atom is -0.462 e. The number of rotatable bonds is 6. The maximum absolute atomic E-state index is 10.8. The molecule has 2 atom stereocenters. The van der Waals surface area contributed by atoms with Gasteiger partial charge in [-0.15, -0.1) is 0 Å². The Morgan fingerprint density at radius 2 is 2.04 bits per heavy atom. The van der Waals surface area contributed by atoms with Crippen LogP contribution < -0.4 is 0 Å². The van der Waals surface area contributed by atoms with Crippen LogP contribution in [0.3, 0.4) is 0 Å². The Morgan fingerprint density at radius 3 is 2.72 bits per heavy atom. The third kappa shape index (κ3) is 4.33. The van der Waals surface area contributed by atoms with Crippen LogP contribution in [0.5, 0.6) is 0 Å². The van der Waals surface area contributed by atoms with Crippen molar-refractivity contribution < 1.29 is 21.1 Å². The molecule has 0 bridgehead atoms. The summed E-state index contributed by atoms with van der Waals surface area (Å²) in [4.78, 5) is 10.8. The highest BCUT2D eigenvalue weighted by atomic mass is 16.6. The highest BCUT2D eigenvalue weighted by molar-refractivity contribution is 5.66. The molecule has 3 heteroatoms. The van der Waals surface area contributed by atoms with Crippen LogP contribution in [0.2, 0.25) is 0 Å². The molecule has 2 fully saturated rings. The van der Waals surface area contributed by atoms with E-state index in [1.807, 2.05) is 45.9 Å². The zero-order valence-corrected chi connectivity index (χ0v) is 15.8. The lowest BCUT2D eigenvalue weighted by atomic mass is 9.64. The van der Waals surface area contributed by atoms with E-state index < -0.39 is 29.8 Å². The van der Waals surface area contributed by atoms with Crippen molar-refractivity contribution >= 4 is 5.97 Å². The molecule has 0 amide bonds. The first-order chi connectivity index (χ1) is 13.6. The monoisotopic (exact) mass is 349 g/mol. The van der Waals surface area contributed by atoms with E-state index in [2.05, 4.69) is 0 Å². The summed E-state index contributed by atoms with van der Waals surface area (Å²) < 4.78 is 51.6. The minimum absolute atomic E-state index is 0.157. The standard InChI is InChI=1S/C22H32O3/c1-17(9-7-10-18(2)12-16-24-19(3)23)11-15-22-20(4,5)13-8-14-21(22,6)25-22/h7,9-12,15H,8,13-14,16H2,1-6H3/b10-7+,15-11+,17-9+,18-12+/i6D3,14D2. The van der Waals surface area contributed by atoms with Gasteiger partial charge in [-0.1, -0.05) is 49.3 Å². The van der Waals surface area contributed by atoms with Gasteiger partial charge >= 0.3 is 5.97 Å². The SMILES string of the molecule is [2H]C([2H])([2H])C12OC1(/C=C/C(C)=C/C=C/C(C)=C/COC(C)=O)C(C)(C)CCC2([2H])[2H]. The summed E-state index contributed by atoms with van der Waals surface area (Å²) in [5.41, 5.74) is -1.68. The first-order valence-electron chi connectivity index (χ1n) is 11.2. The summed E-state index contributed by atoms with van der Waals surface area (Å²) in [6, 6.07) is 0. The zero-order valence-electron chi connectivity index (χ0n) is 20.8. The number of carbonyl (C=O) groups excluding carboxylic acids is 1. The van der Waals surface area contributed by atoms with Gasteiger partial charge in [-0.05, 0) is 52.1 Å². The predicted octanol–water partition coefficient (Wildman–Crippen LogP) is 5.29. The van der Waals surface area contributed by atoms with Gasteiger partial charge in [0.05, 0.1) is 5.60 Å². The number of carbonyl (C=O) groups is 1. The summed E-state index contributed by atoms with van der Waals surface area (Å²) >= 11 is 0. The maximum Gasteiger partial charge on any atom is 0.302 e.